The van der Waals surface area contributed by atoms with Crippen molar-refractivity contribution in [1.82, 2.24) is 0 Å². The average molecular weight is 251 g/mol. The van der Waals surface area contributed by atoms with Crippen LogP contribution in [0.4, 0.5) is 4.39 Å². The summed E-state index contributed by atoms with van der Waals surface area (Å²) in [5.41, 5.74) is 9.30. The van der Waals surface area contributed by atoms with E-state index in [9.17, 15) is 9.18 Å². The van der Waals surface area contributed by atoms with Gasteiger partial charge in [0.1, 0.15) is 11.4 Å². The number of benzene rings is 1. The van der Waals surface area contributed by atoms with Gasteiger partial charge in [0.15, 0.2) is 0 Å². The third-order valence-electron chi connectivity index (χ3n) is 2.08. The summed E-state index contributed by atoms with van der Waals surface area (Å²) in [6.07, 6.45) is 0. The Labute approximate surface area is 96.1 Å². The molecular weight excluding hydrogens is 242 g/mol. The molecule has 3 nitrogen and oxygen atoms in total. The molecule has 0 heterocycles. The van der Waals surface area contributed by atoms with Crippen LogP contribution in [0.25, 0.3) is 0 Å². The average Bonchev–Trinajstić information content (AvgIpc) is 2.10. The summed E-state index contributed by atoms with van der Waals surface area (Å²) in [7, 11) is 0. The molecule has 1 aromatic rings. The summed E-state index contributed by atoms with van der Waals surface area (Å²) in [4.78, 5) is 11.1. The smallest absolute Gasteiger partial charge is 0.241 e. The molecule has 6 heteroatoms. The molecule has 1 aromatic carbocycles. The van der Waals surface area contributed by atoms with Crippen molar-refractivity contribution in [2.24, 2.45) is 11.5 Å². The minimum atomic E-state index is -1.53. The predicted octanol–water partition coefficient (Wildman–Crippen LogP) is 1.79. The summed E-state index contributed by atoms with van der Waals surface area (Å²) >= 11 is 11.3. The molecule has 15 heavy (non-hydrogen) atoms. The van der Waals surface area contributed by atoms with Crippen LogP contribution >= 0.6 is 23.2 Å². The fourth-order valence-corrected chi connectivity index (χ4v) is 1.63. The van der Waals surface area contributed by atoms with Crippen molar-refractivity contribution < 1.29 is 9.18 Å². The summed E-state index contributed by atoms with van der Waals surface area (Å²) in [5, 5.41) is -0.0331. The number of nitrogens with two attached hydrogens (primary N) is 2. The van der Waals surface area contributed by atoms with Crippen molar-refractivity contribution >= 4 is 29.1 Å². The Kier molecular flexibility index (Phi) is 3.23. The third-order valence-corrected chi connectivity index (χ3v) is 2.68. The standard InChI is InChI=1S/C9H9Cl2FN2O/c1-9(14,8(13)15)4-2-7(12)6(11)3-5(4)10/h2-3H,14H2,1H3,(H2,13,15). The number of carbonyl (C=O) groups excluding carboxylic acids is 1. The van der Waals surface area contributed by atoms with Gasteiger partial charge in [0.2, 0.25) is 5.91 Å². The molecular formula is C9H9Cl2FN2O. The molecule has 4 N–H and O–H groups in total. The molecule has 0 aromatic heterocycles. The number of primary amides is 1. The minimum absolute atomic E-state index is 0.102. The highest BCUT2D eigenvalue weighted by Crippen LogP contribution is 2.30. The molecule has 0 saturated heterocycles. The zero-order valence-corrected chi connectivity index (χ0v) is 9.36. The summed E-state index contributed by atoms with van der Waals surface area (Å²) < 4.78 is 13.2. The lowest BCUT2D eigenvalue weighted by Gasteiger charge is -2.22. The molecule has 1 amide bonds. The van der Waals surface area contributed by atoms with E-state index in [2.05, 4.69) is 0 Å². The van der Waals surface area contributed by atoms with Gasteiger partial charge >= 0.3 is 0 Å². The highest BCUT2D eigenvalue weighted by atomic mass is 35.5. The second kappa shape index (κ2) is 3.96. The topological polar surface area (TPSA) is 69.1 Å². The monoisotopic (exact) mass is 250 g/mol. The second-order valence-corrected chi connectivity index (χ2v) is 4.13. The van der Waals surface area contributed by atoms with Crippen LogP contribution in [0.15, 0.2) is 12.1 Å². The molecule has 0 radical (unpaired) electrons. The summed E-state index contributed by atoms with van der Waals surface area (Å²) in [5.74, 6) is -1.50. The van der Waals surface area contributed by atoms with Gasteiger partial charge in [-0.25, -0.2) is 4.39 Å². The van der Waals surface area contributed by atoms with Crippen LogP contribution in [-0.4, -0.2) is 5.91 Å². The van der Waals surface area contributed by atoms with Crippen LogP contribution in [0.3, 0.4) is 0 Å². The van der Waals surface area contributed by atoms with E-state index in [1.165, 1.54) is 13.0 Å². The van der Waals surface area contributed by atoms with E-state index in [1.807, 2.05) is 0 Å². The number of rotatable bonds is 2. The van der Waals surface area contributed by atoms with Crippen LogP contribution in [0.1, 0.15) is 12.5 Å². The van der Waals surface area contributed by atoms with Crippen LogP contribution in [0.2, 0.25) is 10.0 Å². The van der Waals surface area contributed by atoms with Crippen molar-refractivity contribution in [3.63, 3.8) is 0 Å². The van der Waals surface area contributed by atoms with Gasteiger partial charge in [-0.2, -0.15) is 0 Å². The predicted molar refractivity (Wildman–Crippen MR) is 57.2 cm³/mol. The lowest BCUT2D eigenvalue weighted by Crippen LogP contribution is -2.46. The van der Waals surface area contributed by atoms with Crippen molar-refractivity contribution in [3.05, 3.63) is 33.6 Å². The largest absolute Gasteiger partial charge is 0.368 e. The first-order valence-electron chi connectivity index (χ1n) is 4.00. The molecule has 1 rings (SSSR count). The van der Waals surface area contributed by atoms with Crippen LogP contribution in [0, 0.1) is 5.82 Å². The van der Waals surface area contributed by atoms with E-state index in [0.29, 0.717) is 0 Å². The summed E-state index contributed by atoms with van der Waals surface area (Å²) in [6, 6.07) is 2.19. The number of carbonyl (C=O) groups is 1. The highest BCUT2D eigenvalue weighted by Gasteiger charge is 2.31. The number of hydrogen-bond donors (Lipinski definition) is 2. The zero-order valence-electron chi connectivity index (χ0n) is 7.85. The molecule has 0 fully saturated rings. The second-order valence-electron chi connectivity index (χ2n) is 3.31. The van der Waals surface area contributed by atoms with Crippen LogP contribution < -0.4 is 11.5 Å². The van der Waals surface area contributed by atoms with Crippen molar-refractivity contribution in [2.45, 2.75) is 12.5 Å². The Morgan fingerprint density at radius 1 is 1.40 bits per heavy atom. The molecule has 0 aliphatic carbocycles. The number of amides is 1. The molecule has 0 saturated carbocycles. The van der Waals surface area contributed by atoms with Gasteiger partial charge in [-0.05, 0) is 19.1 Å². The minimum Gasteiger partial charge on any atom is -0.368 e. The van der Waals surface area contributed by atoms with Gasteiger partial charge < -0.3 is 11.5 Å². The first-order chi connectivity index (χ1) is 6.76. The maximum atomic E-state index is 13.2. The van der Waals surface area contributed by atoms with E-state index in [0.717, 1.165) is 6.07 Å². The van der Waals surface area contributed by atoms with Gasteiger partial charge in [-0.3, -0.25) is 4.79 Å². The third kappa shape index (κ3) is 2.22. The van der Waals surface area contributed by atoms with Crippen LogP contribution in [-0.2, 0) is 10.3 Å². The molecule has 0 aliphatic rings. The molecule has 82 valence electrons. The first kappa shape index (κ1) is 12.2. The van der Waals surface area contributed by atoms with Gasteiger partial charge in [-0.1, -0.05) is 23.2 Å². The van der Waals surface area contributed by atoms with Crippen molar-refractivity contribution in [3.8, 4) is 0 Å². The van der Waals surface area contributed by atoms with Gasteiger partial charge in [0.25, 0.3) is 0 Å². The SMILES string of the molecule is CC(N)(C(N)=O)c1cc(F)c(Cl)cc1Cl. The maximum absolute atomic E-state index is 13.2. The Morgan fingerprint density at radius 2 is 1.93 bits per heavy atom. The normalized spacial score (nSPS) is 14.7. The van der Waals surface area contributed by atoms with Crippen LogP contribution in [0.5, 0.6) is 0 Å². The molecule has 1 atom stereocenters. The molecule has 0 aliphatic heterocycles. The Balaban J connectivity index is 3.38. The molecule has 0 bridgehead atoms. The first-order valence-corrected chi connectivity index (χ1v) is 4.76. The molecule has 0 spiro atoms. The maximum Gasteiger partial charge on any atom is 0.241 e. The van der Waals surface area contributed by atoms with E-state index in [1.54, 1.807) is 0 Å². The van der Waals surface area contributed by atoms with E-state index >= 15 is 0 Å². The fraction of sp³-hybridized carbons (Fsp3) is 0.222. The highest BCUT2D eigenvalue weighted by molar-refractivity contribution is 6.35. The van der Waals surface area contributed by atoms with Crippen molar-refractivity contribution in [1.29, 1.82) is 0 Å². The quantitative estimate of drug-likeness (QED) is 0.786. The zero-order chi connectivity index (χ0) is 11.8. The van der Waals surface area contributed by atoms with E-state index < -0.39 is 17.3 Å². The lowest BCUT2D eigenvalue weighted by atomic mass is 9.92. The Bertz CT molecular complexity index is 421. The molecule has 1 unspecified atom stereocenters. The Morgan fingerprint density at radius 3 is 2.40 bits per heavy atom. The number of hydrogen-bond acceptors (Lipinski definition) is 2. The summed E-state index contributed by atoms with van der Waals surface area (Å²) in [6.45, 7) is 1.35. The van der Waals surface area contributed by atoms with E-state index in [-0.39, 0.29) is 15.6 Å². The van der Waals surface area contributed by atoms with Gasteiger partial charge in [0, 0.05) is 10.6 Å². The van der Waals surface area contributed by atoms with E-state index in [4.69, 9.17) is 34.7 Å². The van der Waals surface area contributed by atoms with Gasteiger partial charge in [-0.15, -0.1) is 0 Å². The lowest BCUT2D eigenvalue weighted by molar-refractivity contribution is -0.122. The Hall–Kier alpha value is -0.840. The fourth-order valence-electron chi connectivity index (χ4n) is 1.05. The van der Waals surface area contributed by atoms with Gasteiger partial charge in [0.05, 0.1) is 5.02 Å². The number of halogens is 3. The van der Waals surface area contributed by atoms with Crippen molar-refractivity contribution in [2.75, 3.05) is 0 Å².